The minimum absolute atomic E-state index is 0.0281. The molecule has 1 aromatic rings. The van der Waals surface area contributed by atoms with E-state index in [0.29, 0.717) is 18.7 Å². The van der Waals surface area contributed by atoms with Gasteiger partial charge in [0.1, 0.15) is 5.76 Å². The van der Waals surface area contributed by atoms with Crippen LogP contribution in [0.5, 0.6) is 0 Å². The molecule has 2 heterocycles. The van der Waals surface area contributed by atoms with Crippen LogP contribution >= 0.6 is 0 Å². The molecular weight excluding hydrogens is 224 g/mol. The van der Waals surface area contributed by atoms with Crippen molar-refractivity contribution in [3.63, 3.8) is 0 Å². The average molecular weight is 238 g/mol. The minimum atomic E-state index is -1.08. The molecule has 1 aromatic heterocycles. The zero-order valence-corrected chi connectivity index (χ0v) is 9.40. The van der Waals surface area contributed by atoms with E-state index in [2.05, 4.69) is 10.6 Å². The lowest BCUT2D eigenvalue weighted by atomic mass is 10.2. The second kappa shape index (κ2) is 4.58. The Morgan fingerprint density at radius 1 is 1.65 bits per heavy atom. The molecule has 0 bridgehead atoms. The van der Waals surface area contributed by atoms with Crippen LogP contribution in [-0.2, 0) is 4.79 Å². The predicted molar refractivity (Wildman–Crippen MR) is 58.6 cm³/mol. The fourth-order valence-corrected chi connectivity index (χ4v) is 1.86. The Morgan fingerprint density at radius 3 is 2.94 bits per heavy atom. The van der Waals surface area contributed by atoms with E-state index in [4.69, 9.17) is 9.52 Å². The number of carbonyl (C=O) groups excluding carboxylic acids is 1. The maximum atomic E-state index is 11.0. The molecule has 0 aliphatic carbocycles. The molecule has 3 N–H and O–H groups in total. The van der Waals surface area contributed by atoms with E-state index in [9.17, 15) is 9.59 Å². The molecule has 92 valence electrons. The first-order valence-electron chi connectivity index (χ1n) is 5.42. The van der Waals surface area contributed by atoms with Crippen LogP contribution in [0.1, 0.15) is 35.7 Å². The molecule has 2 unspecified atom stereocenters. The van der Waals surface area contributed by atoms with Crippen molar-refractivity contribution >= 4 is 11.9 Å². The molecule has 1 amide bonds. The molecule has 6 heteroatoms. The van der Waals surface area contributed by atoms with Crippen LogP contribution in [-0.4, -0.2) is 29.6 Å². The average Bonchev–Trinajstić information content (AvgIpc) is 2.86. The number of nitrogens with one attached hydrogen (secondary N) is 2. The summed E-state index contributed by atoms with van der Waals surface area (Å²) in [5, 5.41) is 14.7. The maximum absolute atomic E-state index is 11.0. The fraction of sp³-hybridized carbons (Fsp3) is 0.455. The first-order valence-corrected chi connectivity index (χ1v) is 5.42. The number of aromatic carboxylic acids is 1. The van der Waals surface area contributed by atoms with Crippen LogP contribution in [0.3, 0.4) is 0 Å². The van der Waals surface area contributed by atoms with Gasteiger partial charge in [-0.2, -0.15) is 0 Å². The van der Waals surface area contributed by atoms with Crippen molar-refractivity contribution < 1.29 is 19.1 Å². The third-order valence-corrected chi connectivity index (χ3v) is 2.73. The summed E-state index contributed by atoms with van der Waals surface area (Å²) in [4.78, 5) is 21.7. The Balaban J connectivity index is 1.96. The van der Waals surface area contributed by atoms with E-state index in [1.807, 2.05) is 6.92 Å². The summed E-state index contributed by atoms with van der Waals surface area (Å²) >= 11 is 0. The van der Waals surface area contributed by atoms with Gasteiger partial charge in [-0.05, 0) is 19.1 Å². The van der Waals surface area contributed by atoms with Crippen LogP contribution in [0.25, 0.3) is 0 Å². The van der Waals surface area contributed by atoms with Gasteiger partial charge in [-0.1, -0.05) is 0 Å². The molecular formula is C11H14N2O4. The van der Waals surface area contributed by atoms with Gasteiger partial charge in [0.05, 0.1) is 6.04 Å². The number of carboxylic acids is 1. The third-order valence-electron chi connectivity index (χ3n) is 2.73. The van der Waals surface area contributed by atoms with Gasteiger partial charge in [0.15, 0.2) is 0 Å². The summed E-state index contributed by atoms with van der Waals surface area (Å²) in [6.45, 7) is 2.46. The number of rotatable bonds is 4. The smallest absolute Gasteiger partial charge is 0.371 e. The zero-order valence-electron chi connectivity index (χ0n) is 9.40. The SMILES string of the molecule is CC(NC1CNC(=O)C1)c1ccc(C(=O)O)o1. The van der Waals surface area contributed by atoms with Crippen LogP contribution < -0.4 is 10.6 Å². The summed E-state index contributed by atoms with van der Waals surface area (Å²) in [7, 11) is 0. The third kappa shape index (κ3) is 2.65. The van der Waals surface area contributed by atoms with Crippen molar-refractivity contribution in [1.29, 1.82) is 0 Å². The van der Waals surface area contributed by atoms with E-state index in [1.54, 1.807) is 6.07 Å². The Labute approximate surface area is 98.0 Å². The van der Waals surface area contributed by atoms with Crippen molar-refractivity contribution in [3.05, 3.63) is 23.7 Å². The maximum Gasteiger partial charge on any atom is 0.371 e. The van der Waals surface area contributed by atoms with E-state index >= 15 is 0 Å². The highest BCUT2D eigenvalue weighted by atomic mass is 16.4. The quantitative estimate of drug-likeness (QED) is 0.711. The van der Waals surface area contributed by atoms with Crippen LogP contribution in [0.15, 0.2) is 16.5 Å². The first kappa shape index (κ1) is 11.7. The van der Waals surface area contributed by atoms with Crippen molar-refractivity contribution in [3.8, 4) is 0 Å². The Hall–Kier alpha value is -1.82. The molecule has 1 saturated heterocycles. The number of carboxylic acid groups (broad SMARTS) is 1. The van der Waals surface area contributed by atoms with Gasteiger partial charge in [-0.15, -0.1) is 0 Å². The van der Waals surface area contributed by atoms with Crippen LogP contribution in [0.2, 0.25) is 0 Å². The van der Waals surface area contributed by atoms with E-state index in [0.717, 1.165) is 0 Å². The van der Waals surface area contributed by atoms with Gasteiger partial charge >= 0.3 is 5.97 Å². The van der Waals surface area contributed by atoms with Crippen molar-refractivity contribution in [2.45, 2.75) is 25.4 Å². The highest BCUT2D eigenvalue weighted by Crippen LogP contribution is 2.17. The van der Waals surface area contributed by atoms with E-state index < -0.39 is 5.97 Å². The lowest BCUT2D eigenvalue weighted by Gasteiger charge is -2.15. The molecule has 17 heavy (non-hydrogen) atoms. The Bertz CT molecular complexity index is 440. The molecule has 0 spiro atoms. The predicted octanol–water partition coefficient (Wildman–Crippen LogP) is 0.517. The molecule has 0 aromatic carbocycles. The highest BCUT2D eigenvalue weighted by molar-refractivity contribution is 5.84. The van der Waals surface area contributed by atoms with Crippen LogP contribution in [0.4, 0.5) is 0 Å². The second-order valence-corrected chi connectivity index (χ2v) is 4.10. The second-order valence-electron chi connectivity index (χ2n) is 4.10. The Morgan fingerprint density at radius 2 is 2.41 bits per heavy atom. The molecule has 2 atom stereocenters. The van der Waals surface area contributed by atoms with Gasteiger partial charge in [-0.25, -0.2) is 4.79 Å². The number of furan rings is 1. The molecule has 1 fully saturated rings. The first-order chi connectivity index (χ1) is 8.06. The normalized spacial score (nSPS) is 21.2. The summed E-state index contributed by atoms with van der Waals surface area (Å²) < 4.78 is 5.18. The van der Waals surface area contributed by atoms with Crippen molar-refractivity contribution in [2.24, 2.45) is 0 Å². The summed E-state index contributed by atoms with van der Waals surface area (Å²) in [6.07, 6.45) is 0.441. The van der Waals surface area contributed by atoms with Gasteiger partial charge in [0, 0.05) is 19.0 Å². The number of hydrogen-bond donors (Lipinski definition) is 3. The van der Waals surface area contributed by atoms with E-state index in [-0.39, 0.29) is 23.8 Å². The van der Waals surface area contributed by atoms with Crippen molar-refractivity contribution in [1.82, 2.24) is 10.6 Å². The molecule has 0 radical (unpaired) electrons. The van der Waals surface area contributed by atoms with Gasteiger partial charge < -0.3 is 20.2 Å². The summed E-state index contributed by atoms with van der Waals surface area (Å²) in [5.41, 5.74) is 0. The lowest BCUT2D eigenvalue weighted by molar-refractivity contribution is -0.119. The fourth-order valence-electron chi connectivity index (χ4n) is 1.86. The molecule has 6 nitrogen and oxygen atoms in total. The number of amides is 1. The molecule has 0 saturated carbocycles. The minimum Gasteiger partial charge on any atom is -0.475 e. The van der Waals surface area contributed by atoms with Gasteiger partial charge in [0.25, 0.3) is 0 Å². The molecule has 1 aliphatic heterocycles. The lowest BCUT2D eigenvalue weighted by Crippen LogP contribution is -2.32. The highest BCUT2D eigenvalue weighted by Gasteiger charge is 2.24. The standard InChI is InChI=1S/C11H14N2O4/c1-6(13-7-4-10(14)12-5-7)8-2-3-9(17-8)11(15)16/h2-3,6-7,13H,4-5H2,1H3,(H,12,14)(H,15,16). The summed E-state index contributed by atoms with van der Waals surface area (Å²) in [5.74, 6) is -0.572. The van der Waals surface area contributed by atoms with Crippen LogP contribution in [0, 0.1) is 0 Å². The number of carbonyl (C=O) groups is 2. The van der Waals surface area contributed by atoms with Gasteiger partial charge in [-0.3, -0.25) is 4.79 Å². The largest absolute Gasteiger partial charge is 0.475 e. The van der Waals surface area contributed by atoms with Gasteiger partial charge in [0.2, 0.25) is 11.7 Å². The Kier molecular flexibility index (Phi) is 3.14. The molecule has 1 aliphatic rings. The van der Waals surface area contributed by atoms with E-state index in [1.165, 1.54) is 6.07 Å². The topological polar surface area (TPSA) is 91.6 Å². The zero-order chi connectivity index (χ0) is 12.4. The molecule has 2 rings (SSSR count). The number of hydrogen-bond acceptors (Lipinski definition) is 4. The summed E-state index contributed by atoms with van der Waals surface area (Å²) in [6, 6.07) is 3.00. The van der Waals surface area contributed by atoms with Crippen molar-refractivity contribution in [2.75, 3.05) is 6.54 Å². The monoisotopic (exact) mass is 238 g/mol.